The van der Waals surface area contributed by atoms with Crippen LogP contribution in [0, 0.1) is 5.92 Å². The van der Waals surface area contributed by atoms with Gasteiger partial charge < -0.3 is 16.0 Å². The van der Waals surface area contributed by atoms with Crippen LogP contribution in [0.4, 0.5) is 0 Å². The first kappa shape index (κ1) is 8.97. The fraction of sp³-hybridized carbons (Fsp3) is 0.889. The summed E-state index contributed by atoms with van der Waals surface area (Å²) >= 11 is 0. The highest BCUT2D eigenvalue weighted by Crippen LogP contribution is 2.31. The average Bonchev–Trinajstić information content (AvgIpc) is 2.82. The predicted octanol–water partition coefficient (Wildman–Crippen LogP) is -0.846. The van der Waals surface area contributed by atoms with Crippen LogP contribution in [-0.2, 0) is 4.79 Å². The van der Waals surface area contributed by atoms with Crippen LogP contribution in [0.1, 0.15) is 12.8 Å². The van der Waals surface area contributed by atoms with Crippen LogP contribution in [-0.4, -0.2) is 43.0 Å². The van der Waals surface area contributed by atoms with E-state index in [9.17, 15) is 4.79 Å². The molecule has 1 saturated carbocycles. The number of nitrogens with two attached hydrogens (primary N) is 1. The lowest BCUT2D eigenvalue weighted by molar-refractivity contribution is -0.124. The third-order valence-corrected chi connectivity index (χ3v) is 2.84. The second-order valence-corrected chi connectivity index (χ2v) is 4.29. The van der Waals surface area contributed by atoms with E-state index in [1.54, 1.807) is 0 Å². The Bertz CT molecular complexity index is 209. The molecule has 1 unspecified atom stereocenters. The van der Waals surface area contributed by atoms with Gasteiger partial charge in [0.05, 0.1) is 12.1 Å². The maximum Gasteiger partial charge on any atom is 0.237 e. The Kier molecular flexibility index (Phi) is 2.26. The normalized spacial score (nSPS) is 26.6. The number of carbonyl (C=O) groups excluding carboxylic acids is 1. The first-order chi connectivity index (χ1) is 6.16. The second-order valence-electron chi connectivity index (χ2n) is 4.29. The Hall–Kier alpha value is -0.610. The summed E-state index contributed by atoms with van der Waals surface area (Å²) in [6.45, 7) is 1.92. The highest BCUT2D eigenvalue weighted by atomic mass is 16.2. The van der Waals surface area contributed by atoms with Crippen molar-refractivity contribution >= 4 is 5.91 Å². The molecule has 1 aliphatic carbocycles. The number of rotatable bonds is 3. The SMILES string of the molecule is CN1CC(NC(=O)C(N)C2CC2)C1. The van der Waals surface area contributed by atoms with Gasteiger partial charge in [0.1, 0.15) is 0 Å². The zero-order valence-electron chi connectivity index (χ0n) is 7.99. The van der Waals surface area contributed by atoms with Gasteiger partial charge in [0.25, 0.3) is 0 Å². The van der Waals surface area contributed by atoms with Gasteiger partial charge in [-0.1, -0.05) is 0 Å². The summed E-state index contributed by atoms with van der Waals surface area (Å²) in [7, 11) is 2.05. The van der Waals surface area contributed by atoms with Gasteiger partial charge >= 0.3 is 0 Å². The molecule has 3 N–H and O–H groups in total. The molecule has 2 rings (SSSR count). The number of hydrogen-bond acceptors (Lipinski definition) is 3. The molecule has 0 bridgehead atoms. The van der Waals surface area contributed by atoms with E-state index in [-0.39, 0.29) is 11.9 Å². The summed E-state index contributed by atoms with van der Waals surface area (Å²) < 4.78 is 0. The Morgan fingerprint density at radius 3 is 2.62 bits per heavy atom. The van der Waals surface area contributed by atoms with E-state index < -0.39 is 0 Å². The van der Waals surface area contributed by atoms with Gasteiger partial charge in [0.2, 0.25) is 5.91 Å². The molecule has 13 heavy (non-hydrogen) atoms. The summed E-state index contributed by atoms with van der Waals surface area (Å²) in [5.74, 6) is 0.499. The number of amides is 1. The van der Waals surface area contributed by atoms with Crippen LogP contribution in [0.2, 0.25) is 0 Å². The zero-order valence-corrected chi connectivity index (χ0v) is 7.99. The van der Waals surface area contributed by atoms with Crippen molar-refractivity contribution < 1.29 is 4.79 Å². The molecular formula is C9H17N3O. The summed E-state index contributed by atoms with van der Waals surface area (Å²) in [4.78, 5) is 13.7. The van der Waals surface area contributed by atoms with Crippen molar-refractivity contribution in [2.24, 2.45) is 11.7 Å². The zero-order chi connectivity index (χ0) is 9.42. The maximum atomic E-state index is 11.5. The topological polar surface area (TPSA) is 58.4 Å². The van der Waals surface area contributed by atoms with Crippen LogP contribution >= 0.6 is 0 Å². The van der Waals surface area contributed by atoms with E-state index in [0.717, 1.165) is 25.9 Å². The molecule has 1 heterocycles. The third-order valence-electron chi connectivity index (χ3n) is 2.84. The summed E-state index contributed by atoms with van der Waals surface area (Å²) in [6.07, 6.45) is 2.25. The number of nitrogens with one attached hydrogen (secondary N) is 1. The monoisotopic (exact) mass is 183 g/mol. The first-order valence-electron chi connectivity index (χ1n) is 4.91. The van der Waals surface area contributed by atoms with E-state index in [2.05, 4.69) is 10.2 Å². The molecule has 1 atom stereocenters. The van der Waals surface area contributed by atoms with Gasteiger partial charge in [-0.25, -0.2) is 0 Å². The van der Waals surface area contributed by atoms with Crippen LogP contribution in [0.15, 0.2) is 0 Å². The van der Waals surface area contributed by atoms with Gasteiger partial charge in [-0.2, -0.15) is 0 Å². The lowest BCUT2D eigenvalue weighted by atomic mass is 10.1. The minimum absolute atomic E-state index is 0.0422. The van der Waals surface area contributed by atoms with Gasteiger partial charge in [0, 0.05) is 13.1 Å². The minimum atomic E-state index is -0.258. The molecular weight excluding hydrogens is 166 g/mol. The van der Waals surface area contributed by atoms with E-state index in [4.69, 9.17) is 5.73 Å². The van der Waals surface area contributed by atoms with E-state index in [1.807, 2.05) is 7.05 Å². The quantitative estimate of drug-likeness (QED) is 0.599. The van der Waals surface area contributed by atoms with Crippen LogP contribution in [0.3, 0.4) is 0 Å². The van der Waals surface area contributed by atoms with Crippen molar-refractivity contribution in [1.29, 1.82) is 0 Å². The molecule has 0 aromatic heterocycles. The summed E-state index contributed by atoms with van der Waals surface area (Å²) in [5.41, 5.74) is 5.76. The summed E-state index contributed by atoms with van der Waals surface area (Å²) in [5, 5.41) is 2.96. The number of likely N-dealkylation sites (N-methyl/N-ethyl adjacent to an activating group) is 1. The molecule has 4 heteroatoms. The van der Waals surface area contributed by atoms with Crippen molar-refractivity contribution in [2.75, 3.05) is 20.1 Å². The predicted molar refractivity (Wildman–Crippen MR) is 50.1 cm³/mol. The Labute approximate surface area is 78.5 Å². The number of hydrogen-bond donors (Lipinski definition) is 2. The van der Waals surface area contributed by atoms with Crippen molar-refractivity contribution in [3.05, 3.63) is 0 Å². The lowest BCUT2D eigenvalue weighted by Crippen LogP contribution is -2.60. The lowest BCUT2D eigenvalue weighted by Gasteiger charge is -2.37. The largest absolute Gasteiger partial charge is 0.349 e. The molecule has 0 radical (unpaired) electrons. The van der Waals surface area contributed by atoms with Crippen molar-refractivity contribution in [2.45, 2.75) is 24.9 Å². The standard InChI is InChI=1S/C9H17N3O/c1-12-4-7(5-12)11-9(13)8(10)6-2-3-6/h6-8H,2-5,10H2,1H3,(H,11,13). The molecule has 4 nitrogen and oxygen atoms in total. The number of carbonyl (C=O) groups is 1. The molecule has 2 fully saturated rings. The van der Waals surface area contributed by atoms with Gasteiger partial charge in [0.15, 0.2) is 0 Å². The van der Waals surface area contributed by atoms with E-state index in [1.165, 1.54) is 0 Å². The third kappa shape index (κ3) is 2.00. The molecule has 0 aromatic rings. The molecule has 2 aliphatic rings. The first-order valence-corrected chi connectivity index (χ1v) is 4.91. The average molecular weight is 183 g/mol. The highest BCUT2D eigenvalue weighted by molar-refractivity contribution is 5.82. The molecule has 1 saturated heterocycles. The minimum Gasteiger partial charge on any atom is -0.349 e. The molecule has 1 amide bonds. The molecule has 0 aromatic carbocycles. The molecule has 74 valence electrons. The van der Waals surface area contributed by atoms with Crippen molar-refractivity contribution in [1.82, 2.24) is 10.2 Å². The van der Waals surface area contributed by atoms with Gasteiger partial charge in [-0.3, -0.25) is 4.79 Å². The van der Waals surface area contributed by atoms with Crippen molar-refractivity contribution in [3.63, 3.8) is 0 Å². The molecule has 0 spiro atoms. The van der Waals surface area contributed by atoms with E-state index >= 15 is 0 Å². The van der Waals surface area contributed by atoms with Crippen LogP contribution < -0.4 is 11.1 Å². The van der Waals surface area contributed by atoms with Gasteiger partial charge in [-0.05, 0) is 25.8 Å². The van der Waals surface area contributed by atoms with Crippen LogP contribution in [0.5, 0.6) is 0 Å². The van der Waals surface area contributed by atoms with Crippen LogP contribution in [0.25, 0.3) is 0 Å². The maximum absolute atomic E-state index is 11.5. The Balaban J connectivity index is 1.71. The smallest absolute Gasteiger partial charge is 0.237 e. The van der Waals surface area contributed by atoms with Gasteiger partial charge in [-0.15, -0.1) is 0 Å². The highest BCUT2D eigenvalue weighted by Gasteiger charge is 2.35. The van der Waals surface area contributed by atoms with E-state index in [0.29, 0.717) is 12.0 Å². The second kappa shape index (κ2) is 3.27. The number of nitrogens with zero attached hydrogens (tertiary/aromatic N) is 1. The Morgan fingerprint density at radius 1 is 1.54 bits per heavy atom. The van der Waals surface area contributed by atoms with Crippen molar-refractivity contribution in [3.8, 4) is 0 Å². The Morgan fingerprint density at radius 2 is 2.15 bits per heavy atom. The fourth-order valence-corrected chi connectivity index (χ4v) is 1.76. The number of likely N-dealkylation sites (tertiary alicyclic amines) is 1. The fourth-order valence-electron chi connectivity index (χ4n) is 1.76. The molecule has 1 aliphatic heterocycles. The summed E-state index contributed by atoms with van der Waals surface area (Å²) in [6, 6.07) is 0.0770.